The lowest BCUT2D eigenvalue weighted by Gasteiger charge is -2.54. The van der Waals surface area contributed by atoms with Crippen molar-refractivity contribution in [2.45, 2.75) is 95.9 Å². The molecule has 0 aromatic heterocycles. The number of rotatable bonds is 5. The minimum atomic E-state index is -0.961. The number of amides is 5. The third kappa shape index (κ3) is 6.48. The maximum atomic E-state index is 13.7. The van der Waals surface area contributed by atoms with Crippen molar-refractivity contribution in [2.75, 3.05) is 42.5 Å². The van der Waals surface area contributed by atoms with Gasteiger partial charge in [-0.1, -0.05) is 11.6 Å². The molecule has 1 N–H and O–H groups in total. The predicted molar refractivity (Wildman–Crippen MR) is 221 cm³/mol. The van der Waals surface area contributed by atoms with Crippen LogP contribution >= 0.6 is 11.6 Å². The molecule has 6 heterocycles. The van der Waals surface area contributed by atoms with Crippen LogP contribution in [0.25, 0.3) is 0 Å². The van der Waals surface area contributed by atoms with Crippen LogP contribution in [0, 0.1) is 22.2 Å². The summed E-state index contributed by atoms with van der Waals surface area (Å²) in [6.45, 7) is 8.18. The average Bonchev–Trinajstić information content (AvgIpc) is 3.86. The van der Waals surface area contributed by atoms with E-state index in [1.807, 2.05) is 47.4 Å². The number of nitrogens with zero attached hydrogens (tertiary/aromatic N) is 6. The molecule has 5 amide bonds. The number of benzene rings is 3. The zero-order valence-corrected chi connectivity index (χ0v) is 34.1. The molecule has 10 rings (SSSR count). The number of halogens is 1. The molecular formula is C46H48ClN7O5. The second-order valence-corrected chi connectivity index (χ2v) is 18.8. The van der Waals surface area contributed by atoms with Crippen LogP contribution in [0.3, 0.4) is 0 Å². The third-order valence-electron chi connectivity index (χ3n) is 14.9. The molecule has 6 aliphatic heterocycles. The quantitative estimate of drug-likeness (QED) is 0.313. The molecule has 1 saturated carbocycles. The van der Waals surface area contributed by atoms with Gasteiger partial charge in [-0.3, -0.25) is 39.1 Å². The average molecular weight is 814 g/mol. The van der Waals surface area contributed by atoms with E-state index in [9.17, 15) is 29.2 Å². The first-order valence-corrected chi connectivity index (χ1v) is 21.5. The lowest BCUT2D eigenvalue weighted by molar-refractivity contribution is -0.136. The molecule has 0 bridgehead atoms. The molecule has 3 aromatic carbocycles. The molecular weight excluding hydrogens is 766 g/mol. The Hall–Kier alpha value is -5.25. The minimum Gasteiger partial charge on any atom is -0.371 e. The normalized spacial score (nSPS) is 25.0. The number of imide groups is 2. The summed E-state index contributed by atoms with van der Waals surface area (Å²) in [5.74, 6) is -1.80. The fraction of sp³-hybridized carbons (Fsp3) is 0.478. The molecule has 13 heteroatoms. The second-order valence-electron chi connectivity index (χ2n) is 18.4. The van der Waals surface area contributed by atoms with Gasteiger partial charge in [-0.05, 0) is 135 Å². The summed E-state index contributed by atoms with van der Waals surface area (Å²) < 4.78 is 0. The van der Waals surface area contributed by atoms with Crippen LogP contribution in [-0.2, 0) is 22.7 Å². The lowest BCUT2D eigenvalue weighted by Crippen LogP contribution is -2.54. The van der Waals surface area contributed by atoms with Crippen LogP contribution in [0.4, 0.5) is 11.4 Å². The molecule has 304 valence electrons. The van der Waals surface area contributed by atoms with Crippen molar-refractivity contribution in [3.63, 3.8) is 0 Å². The van der Waals surface area contributed by atoms with Crippen LogP contribution < -0.4 is 15.1 Å². The van der Waals surface area contributed by atoms with Crippen LogP contribution in [0.1, 0.15) is 112 Å². The van der Waals surface area contributed by atoms with Crippen molar-refractivity contribution in [3.8, 4) is 6.07 Å². The van der Waals surface area contributed by atoms with Crippen LogP contribution in [0.15, 0.2) is 54.6 Å². The lowest BCUT2D eigenvalue weighted by atomic mass is 9.60. The number of carbonyl (C=O) groups is 5. The number of anilines is 2. The van der Waals surface area contributed by atoms with Gasteiger partial charge >= 0.3 is 0 Å². The van der Waals surface area contributed by atoms with Crippen molar-refractivity contribution < 1.29 is 24.0 Å². The number of likely N-dealkylation sites (tertiary alicyclic amines) is 1. The van der Waals surface area contributed by atoms with Gasteiger partial charge in [0.2, 0.25) is 11.8 Å². The molecule has 7 aliphatic rings. The van der Waals surface area contributed by atoms with E-state index in [1.54, 1.807) is 0 Å². The standard InChI is InChI=1S/C46H48ClN7O5/c1-28-21-46(27-53(28)34-7-4-30(24-48)38(47)20-34)12-14-50(15-13-46)33-5-2-29(3-6-33)42(57)51-16-10-45(11-17-51)22-35(23-45)52-25-31-18-36-37(19-32(31)26-52)44(59)54(43(36)58)39-8-9-40(55)49-41(39)56/h2-7,18-20,28,35,39H,8-17,21-23,25-27H2,1H3,(H,49,55,56)/t28-,39?/m0/s1. The molecule has 1 aliphatic carbocycles. The number of piperidine rings is 3. The first-order valence-electron chi connectivity index (χ1n) is 21.1. The van der Waals surface area contributed by atoms with E-state index in [4.69, 9.17) is 11.6 Å². The highest BCUT2D eigenvalue weighted by Gasteiger charge is 2.50. The SMILES string of the molecule is C[C@H]1CC2(CCN(c3ccc(C(=O)N4CCC5(CC4)CC(N4Cc6cc7c(cc6C4)C(=O)N(C4CCC(=O)NC4=O)C7=O)C5)cc3)CC2)CN1c1ccc(C#N)c(Cl)c1. The summed E-state index contributed by atoms with van der Waals surface area (Å²) in [5, 5.41) is 12.1. The summed E-state index contributed by atoms with van der Waals surface area (Å²) in [6.07, 6.45) is 7.74. The highest BCUT2D eigenvalue weighted by molar-refractivity contribution is 6.32. The largest absolute Gasteiger partial charge is 0.371 e. The van der Waals surface area contributed by atoms with Gasteiger partial charge in [-0.2, -0.15) is 5.26 Å². The summed E-state index contributed by atoms with van der Waals surface area (Å²) >= 11 is 6.38. The fourth-order valence-electron chi connectivity index (χ4n) is 11.5. The smallest absolute Gasteiger partial charge is 0.262 e. The van der Waals surface area contributed by atoms with E-state index in [-0.39, 0.29) is 35.5 Å². The Labute approximate surface area is 349 Å². The van der Waals surface area contributed by atoms with E-state index < -0.39 is 23.8 Å². The van der Waals surface area contributed by atoms with Crippen molar-refractivity contribution in [2.24, 2.45) is 10.8 Å². The Bertz CT molecular complexity index is 2290. The van der Waals surface area contributed by atoms with Gasteiger partial charge in [0.25, 0.3) is 17.7 Å². The van der Waals surface area contributed by atoms with Crippen LogP contribution in [0.5, 0.6) is 0 Å². The highest BCUT2D eigenvalue weighted by Crippen LogP contribution is 2.53. The number of fused-ring (bicyclic) bond motifs is 2. The van der Waals surface area contributed by atoms with Crippen LogP contribution in [-0.4, -0.2) is 95.1 Å². The van der Waals surface area contributed by atoms with Crippen molar-refractivity contribution in [3.05, 3.63) is 93.0 Å². The Morgan fingerprint density at radius 3 is 2.05 bits per heavy atom. The zero-order valence-electron chi connectivity index (χ0n) is 33.3. The van der Waals surface area contributed by atoms with E-state index in [1.165, 1.54) is 0 Å². The highest BCUT2D eigenvalue weighted by atomic mass is 35.5. The van der Waals surface area contributed by atoms with E-state index >= 15 is 0 Å². The molecule has 2 atom stereocenters. The molecule has 0 radical (unpaired) electrons. The van der Waals surface area contributed by atoms with Gasteiger partial charge in [0, 0.05) is 81.3 Å². The van der Waals surface area contributed by atoms with Crippen molar-refractivity contribution >= 4 is 52.5 Å². The molecule has 4 saturated heterocycles. The summed E-state index contributed by atoms with van der Waals surface area (Å²) in [4.78, 5) is 74.9. The van der Waals surface area contributed by atoms with Gasteiger partial charge in [0.1, 0.15) is 12.1 Å². The molecule has 59 heavy (non-hydrogen) atoms. The van der Waals surface area contributed by atoms with E-state index in [2.05, 4.69) is 45.1 Å². The molecule has 1 unspecified atom stereocenters. The minimum absolute atomic E-state index is 0.0995. The molecule has 2 spiro atoms. The number of hydrogen-bond acceptors (Lipinski definition) is 9. The zero-order chi connectivity index (χ0) is 40.8. The Kier molecular flexibility index (Phi) is 9.14. The maximum Gasteiger partial charge on any atom is 0.262 e. The van der Waals surface area contributed by atoms with Crippen molar-refractivity contribution in [1.82, 2.24) is 20.0 Å². The topological polar surface area (TPSA) is 137 Å². The van der Waals surface area contributed by atoms with Gasteiger partial charge in [0.05, 0.1) is 21.7 Å². The first-order chi connectivity index (χ1) is 28.4. The molecule has 5 fully saturated rings. The summed E-state index contributed by atoms with van der Waals surface area (Å²) in [7, 11) is 0. The Morgan fingerprint density at radius 1 is 0.814 bits per heavy atom. The molecule has 3 aromatic rings. The van der Waals surface area contributed by atoms with Gasteiger partial charge < -0.3 is 14.7 Å². The fourth-order valence-corrected chi connectivity index (χ4v) is 11.7. The predicted octanol–water partition coefficient (Wildman–Crippen LogP) is 5.90. The van der Waals surface area contributed by atoms with Gasteiger partial charge in [0.15, 0.2) is 0 Å². The molecule has 12 nitrogen and oxygen atoms in total. The number of carbonyl (C=O) groups excluding carboxylic acids is 5. The number of hydrogen-bond donors (Lipinski definition) is 1. The van der Waals surface area contributed by atoms with E-state index in [0.717, 1.165) is 124 Å². The third-order valence-corrected chi connectivity index (χ3v) is 15.3. The Balaban J connectivity index is 0.695. The number of nitrogens with one attached hydrogen (secondary N) is 1. The Morgan fingerprint density at radius 2 is 1.44 bits per heavy atom. The monoisotopic (exact) mass is 813 g/mol. The van der Waals surface area contributed by atoms with Gasteiger partial charge in [-0.15, -0.1) is 0 Å². The first kappa shape index (κ1) is 38.0. The second kappa shape index (κ2) is 14.2. The number of nitriles is 1. The summed E-state index contributed by atoms with van der Waals surface area (Å²) in [6, 6.07) is 19.7. The maximum absolute atomic E-state index is 13.7. The summed E-state index contributed by atoms with van der Waals surface area (Å²) in [5.41, 5.74) is 6.78. The van der Waals surface area contributed by atoms with E-state index in [0.29, 0.717) is 33.8 Å². The van der Waals surface area contributed by atoms with Gasteiger partial charge in [-0.25, -0.2) is 0 Å². The van der Waals surface area contributed by atoms with Crippen molar-refractivity contribution in [1.29, 1.82) is 5.26 Å². The van der Waals surface area contributed by atoms with Crippen LogP contribution in [0.2, 0.25) is 5.02 Å².